The number of hydrogen-bond acceptors (Lipinski definition) is 3. The first-order valence-corrected chi connectivity index (χ1v) is 6.80. The van der Waals surface area contributed by atoms with Crippen LogP contribution in [0.3, 0.4) is 0 Å². The van der Waals surface area contributed by atoms with Gasteiger partial charge < -0.3 is 4.90 Å². The summed E-state index contributed by atoms with van der Waals surface area (Å²) in [5, 5.41) is 7.89. The van der Waals surface area contributed by atoms with E-state index in [0.717, 1.165) is 41.1 Å². The van der Waals surface area contributed by atoms with Crippen molar-refractivity contribution in [1.82, 2.24) is 15.1 Å². The van der Waals surface area contributed by atoms with Crippen molar-refractivity contribution in [2.45, 2.75) is 0 Å². The van der Waals surface area contributed by atoms with E-state index in [-0.39, 0.29) is 5.91 Å². The van der Waals surface area contributed by atoms with Gasteiger partial charge in [0.05, 0.1) is 11.7 Å². The Morgan fingerprint density at radius 2 is 2.18 bits per heavy atom. The topological polar surface area (TPSA) is 49.0 Å². The van der Waals surface area contributed by atoms with Crippen LogP contribution in [0.1, 0.15) is 10.4 Å². The predicted octanol–water partition coefficient (Wildman–Crippen LogP) is 1.75. The molecule has 0 bridgehead atoms. The molecule has 1 aliphatic rings. The van der Waals surface area contributed by atoms with Crippen molar-refractivity contribution < 1.29 is 4.79 Å². The van der Waals surface area contributed by atoms with Gasteiger partial charge in [0.1, 0.15) is 0 Å². The molecule has 1 aromatic heterocycles. The molecule has 17 heavy (non-hydrogen) atoms. The zero-order valence-corrected chi connectivity index (χ0v) is 10.2. The Morgan fingerprint density at radius 3 is 3.00 bits per heavy atom. The minimum atomic E-state index is 0.127. The highest BCUT2D eigenvalue weighted by Gasteiger charge is 2.18. The van der Waals surface area contributed by atoms with Gasteiger partial charge in [0, 0.05) is 35.5 Å². The summed E-state index contributed by atoms with van der Waals surface area (Å²) in [6.07, 6.45) is 1.77. The van der Waals surface area contributed by atoms with Crippen molar-refractivity contribution in [2.75, 3.05) is 24.6 Å². The van der Waals surface area contributed by atoms with E-state index >= 15 is 0 Å². The standard InChI is InChI=1S/C12H13N3OS/c16-12(15-3-5-17-6-4-15)9-1-2-10-8-13-14-11(10)7-9/h1-2,7-8H,3-6H2,(H,13,14). The summed E-state index contributed by atoms with van der Waals surface area (Å²) in [5.41, 5.74) is 1.66. The van der Waals surface area contributed by atoms with Crippen molar-refractivity contribution in [3.05, 3.63) is 30.0 Å². The third-order valence-electron chi connectivity index (χ3n) is 2.99. The fourth-order valence-corrected chi connectivity index (χ4v) is 2.92. The van der Waals surface area contributed by atoms with Gasteiger partial charge in [0.15, 0.2) is 0 Å². The number of benzene rings is 1. The number of fused-ring (bicyclic) bond motifs is 1. The lowest BCUT2D eigenvalue weighted by molar-refractivity contribution is 0.0772. The van der Waals surface area contributed by atoms with Gasteiger partial charge in [0.2, 0.25) is 0 Å². The first-order valence-electron chi connectivity index (χ1n) is 5.65. The molecule has 88 valence electrons. The average molecular weight is 247 g/mol. The van der Waals surface area contributed by atoms with Crippen LogP contribution in [-0.2, 0) is 0 Å². The quantitative estimate of drug-likeness (QED) is 0.835. The summed E-state index contributed by atoms with van der Waals surface area (Å²) in [6, 6.07) is 5.69. The van der Waals surface area contributed by atoms with Gasteiger partial charge in [-0.05, 0) is 12.1 Å². The van der Waals surface area contributed by atoms with E-state index in [1.54, 1.807) is 6.20 Å². The van der Waals surface area contributed by atoms with Crippen molar-refractivity contribution in [3.63, 3.8) is 0 Å². The summed E-state index contributed by atoms with van der Waals surface area (Å²) in [7, 11) is 0. The summed E-state index contributed by atoms with van der Waals surface area (Å²) in [4.78, 5) is 14.2. The number of carbonyl (C=O) groups is 1. The molecule has 0 radical (unpaired) electrons. The van der Waals surface area contributed by atoms with Gasteiger partial charge in [0.25, 0.3) is 5.91 Å². The van der Waals surface area contributed by atoms with Gasteiger partial charge in [-0.25, -0.2) is 0 Å². The van der Waals surface area contributed by atoms with E-state index in [0.29, 0.717) is 0 Å². The first-order chi connectivity index (χ1) is 8.34. The number of thioether (sulfide) groups is 1. The minimum Gasteiger partial charge on any atom is -0.337 e. The van der Waals surface area contributed by atoms with Crippen molar-refractivity contribution in [1.29, 1.82) is 0 Å². The second-order valence-electron chi connectivity index (χ2n) is 4.08. The molecule has 1 aromatic carbocycles. The number of nitrogens with one attached hydrogen (secondary N) is 1. The number of rotatable bonds is 1. The molecular weight excluding hydrogens is 234 g/mol. The molecule has 0 spiro atoms. The zero-order valence-electron chi connectivity index (χ0n) is 9.35. The lowest BCUT2D eigenvalue weighted by Gasteiger charge is -2.26. The Balaban J connectivity index is 1.88. The van der Waals surface area contributed by atoms with Crippen molar-refractivity contribution in [2.24, 2.45) is 0 Å². The second-order valence-corrected chi connectivity index (χ2v) is 5.30. The maximum Gasteiger partial charge on any atom is 0.253 e. The molecule has 2 heterocycles. The molecule has 2 aromatic rings. The smallest absolute Gasteiger partial charge is 0.253 e. The monoisotopic (exact) mass is 247 g/mol. The van der Waals surface area contributed by atoms with E-state index < -0.39 is 0 Å². The molecule has 0 saturated carbocycles. The van der Waals surface area contributed by atoms with Crippen LogP contribution < -0.4 is 0 Å². The molecule has 1 N–H and O–H groups in total. The number of nitrogens with zero attached hydrogens (tertiary/aromatic N) is 2. The zero-order chi connectivity index (χ0) is 11.7. The molecule has 1 fully saturated rings. The van der Waals surface area contributed by atoms with Gasteiger partial charge in [-0.15, -0.1) is 0 Å². The van der Waals surface area contributed by atoms with Gasteiger partial charge >= 0.3 is 0 Å². The number of amides is 1. The van der Waals surface area contributed by atoms with E-state index in [1.165, 1.54) is 0 Å². The maximum atomic E-state index is 12.2. The third kappa shape index (κ3) is 2.02. The molecule has 0 aliphatic carbocycles. The summed E-state index contributed by atoms with van der Waals surface area (Å²) in [5.74, 6) is 2.21. The Labute approximate surface area is 103 Å². The van der Waals surface area contributed by atoms with Crippen LogP contribution in [0.5, 0.6) is 0 Å². The lowest BCUT2D eigenvalue weighted by atomic mass is 10.1. The molecule has 4 nitrogen and oxygen atoms in total. The van der Waals surface area contributed by atoms with E-state index in [1.807, 2.05) is 34.9 Å². The number of carbonyl (C=O) groups excluding carboxylic acids is 1. The molecule has 1 amide bonds. The molecule has 1 aliphatic heterocycles. The van der Waals surface area contributed by atoms with Gasteiger partial charge in [-0.3, -0.25) is 9.89 Å². The van der Waals surface area contributed by atoms with Crippen molar-refractivity contribution >= 4 is 28.6 Å². The molecule has 3 rings (SSSR count). The molecule has 0 unspecified atom stereocenters. The Bertz CT molecular complexity index is 545. The van der Waals surface area contributed by atoms with Crippen LogP contribution in [0.2, 0.25) is 0 Å². The van der Waals surface area contributed by atoms with Crippen LogP contribution in [0.4, 0.5) is 0 Å². The van der Waals surface area contributed by atoms with Crippen LogP contribution >= 0.6 is 11.8 Å². The number of hydrogen-bond donors (Lipinski definition) is 1. The highest BCUT2D eigenvalue weighted by Crippen LogP contribution is 2.16. The number of H-pyrrole nitrogens is 1. The molecule has 5 heteroatoms. The number of aromatic amines is 1. The maximum absolute atomic E-state index is 12.2. The third-order valence-corrected chi connectivity index (χ3v) is 3.93. The predicted molar refractivity (Wildman–Crippen MR) is 69.3 cm³/mol. The second kappa shape index (κ2) is 4.41. The largest absolute Gasteiger partial charge is 0.337 e. The highest BCUT2D eigenvalue weighted by molar-refractivity contribution is 7.99. The van der Waals surface area contributed by atoms with Crippen LogP contribution in [0.15, 0.2) is 24.4 Å². The SMILES string of the molecule is O=C(c1ccc2cn[nH]c2c1)N1CCSCC1. The van der Waals surface area contributed by atoms with E-state index in [9.17, 15) is 4.79 Å². The Morgan fingerprint density at radius 1 is 1.35 bits per heavy atom. The van der Waals surface area contributed by atoms with Gasteiger partial charge in [-0.1, -0.05) is 6.07 Å². The van der Waals surface area contributed by atoms with Crippen molar-refractivity contribution in [3.8, 4) is 0 Å². The fraction of sp³-hybridized carbons (Fsp3) is 0.333. The number of aromatic nitrogens is 2. The summed E-state index contributed by atoms with van der Waals surface area (Å²) < 4.78 is 0. The highest BCUT2D eigenvalue weighted by atomic mass is 32.2. The van der Waals surface area contributed by atoms with Crippen LogP contribution in [-0.4, -0.2) is 45.6 Å². The lowest BCUT2D eigenvalue weighted by Crippen LogP contribution is -2.37. The van der Waals surface area contributed by atoms with Crippen LogP contribution in [0, 0.1) is 0 Å². The van der Waals surface area contributed by atoms with Crippen LogP contribution in [0.25, 0.3) is 10.9 Å². The summed E-state index contributed by atoms with van der Waals surface area (Å²) >= 11 is 1.91. The normalized spacial score (nSPS) is 16.4. The van der Waals surface area contributed by atoms with E-state index in [2.05, 4.69) is 10.2 Å². The minimum absolute atomic E-state index is 0.127. The first kappa shape index (κ1) is 10.7. The summed E-state index contributed by atoms with van der Waals surface area (Å²) in [6.45, 7) is 1.70. The fourth-order valence-electron chi connectivity index (χ4n) is 2.02. The Hall–Kier alpha value is -1.49. The molecule has 1 saturated heterocycles. The average Bonchev–Trinajstić information content (AvgIpc) is 2.86. The van der Waals surface area contributed by atoms with Gasteiger partial charge in [-0.2, -0.15) is 16.9 Å². The molecule has 0 atom stereocenters. The molecular formula is C12H13N3OS. The Kier molecular flexibility index (Phi) is 2.76. The van der Waals surface area contributed by atoms with E-state index in [4.69, 9.17) is 0 Å².